The van der Waals surface area contributed by atoms with Gasteiger partial charge in [0.05, 0.1) is 36.1 Å². The minimum atomic E-state index is -1.01. The molecule has 0 unspecified atom stereocenters. The van der Waals surface area contributed by atoms with Gasteiger partial charge >= 0.3 is 0 Å². The summed E-state index contributed by atoms with van der Waals surface area (Å²) >= 11 is 1.34. The predicted octanol–water partition coefficient (Wildman–Crippen LogP) is 6.30. The maximum absolute atomic E-state index is 14.2. The fraction of sp³-hybridized carbons (Fsp3) is 0.259. The fourth-order valence-electron chi connectivity index (χ4n) is 5.10. The first-order chi connectivity index (χ1) is 18.4. The maximum Gasteiger partial charge on any atom is 0.227 e. The molecule has 38 heavy (non-hydrogen) atoms. The number of amides is 1. The summed E-state index contributed by atoms with van der Waals surface area (Å²) in [4.78, 5) is 24.3. The van der Waals surface area contributed by atoms with E-state index in [1.54, 1.807) is 13.3 Å². The number of methoxy groups -OCH3 is 1. The zero-order valence-corrected chi connectivity index (χ0v) is 21.7. The minimum Gasteiger partial charge on any atom is -0.486 e. The molecule has 5 aromatic rings. The van der Waals surface area contributed by atoms with E-state index < -0.39 is 17.7 Å². The number of carbonyl (C=O) groups is 1. The average molecular weight is 536 g/mol. The highest BCUT2D eigenvalue weighted by Gasteiger charge is 2.35. The van der Waals surface area contributed by atoms with E-state index >= 15 is 0 Å². The van der Waals surface area contributed by atoms with Crippen LogP contribution < -0.4 is 9.64 Å². The minimum absolute atomic E-state index is 0.181. The molecule has 1 fully saturated rings. The van der Waals surface area contributed by atoms with E-state index in [1.807, 2.05) is 36.6 Å². The van der Waals surface area contributed by atoms with Crippen LogP contribution in [0.15, 0.2) is 47.1 Å². The monoisotopic (exact) mass is 535 g/mol. The van der Waals surface area contributed by atoms with Crippen LogP contribution in [0.25, 0.3) is 27.3 Å². The Morgan fingerprint density at radius 1 is 1.13 bits per heavy atom. The molecule has 1 aliphatic heterocycles. The average Bonchev–Trinajstić information content (AvgIpc) is 3.61. The Morgan fingerprint density at radius 3 is 2.68 bits per heavy atom. The molecule has 6 rings (SSSR count). The van der Waals surface area contributed by atoms with Crippen molar-refractivity contribution in [3.05, 3.63) is 71.5 Å². The molecule has 11 heteroatoms. The van der Waals surface area contributed by atoms with Gasteiger partial charge in [-0.25, -0.2) is 18.7 Å². The van der Waals surface area contributed by atoms with Crippen LogP contribution in [0.5, 0.6) is 5.06 Å². The first-order valence-corrected chi connectivity index (χ1v) is 12.9. The third kappa shape index (κ3) is 3.94. The normalized spacial score (nSPS) is 16.0. The van der Waals surface area contributed by atoms with Crippen molar-refractivity contribution in [2.75, 3.05) is 12.0 Å². The molecular formula is C27H23F2N5O3S. The lowest BCUT2D eigenvalue weighted by molar-refractivity contribution is -0.120. The fourth-order valence-corrected chi connectivity index (χ4v) is 5.85. The summed E-state index contributed by atoms with van der Waals surface area (Å²) in [7, 11) is 1.57. The molecule has 194 valence electrons. The molecule has 3 aromatic heterocycles. The van der Waals surface area contributed by atoms with E-state index in [9.17, 15) is 13.6 Å². The van der Waals surface area contributed by atoms with Gasteiger partial charge in [-0.15, -0.1) is 0 Å². The third-order valence-electron chi connectivity index (χ3n) is 6.80. The maximum atomic E-state index is 14.2. The van der Waals surface area contributed by atoms with E-state index in [2.05, 4.69) is 10.1 Å². The molecule has 0 bridgehead atoms. The topological polar surface area (TPSA) is 86.3 Å². The summed E-state index contributed by atoms with van der Waals surface area (Å²) in [6.07, 6.45) is 3.16. The number of benzene rings is 2. The van der Waals surface area contributed by atoms with Crippen LogP contribution in [-0.4, -0.2) is 32.7 Å². The molecule has 1 amide bonds. The van der Waals surface area contributed by atoms with E-state index in [1.165, 1.54) is 22.3 Å². The number of ether oxygens (including phenoxy) is 1. The number of aryl methyl sites for hydroxylation is 2. The van der Waals surface area contributed by atoms with Crippen molar-refractivity contribution in [1.82, 2.24) is 19.7 Å². The molecule has 2 aromatic carbocycles. The number of halogens is 2. The Bertz CT molecular complexity index is 1670. The van der Waals surface area contributed by atoms with E-state index in [0.29, 0.717) is 46.6 Å². The quantitative estimate of drug-likeness (QED) is 0.263. The number of fused-ring (bicyclic) bond motifs is 1. The molecule has 0 spiro atoms. The molecule has 0 saturated carbocycles. The summed E-state index contributed by atoms with van der Waals surface area (Å²) < 4.78 is 40.6. The largest absolute Gasteiger partial charge is 0.486 e. The lowest BCUT2D eigenvalue weighted by atomic mass is 9.99. The van der Waals surface area contributed by atoms with Crippen LogP contribution >= 0.6 is 11.3 Å². The number of piperidine rings is 1. The van der Waals surface area contributed by atoms with Crippen LogP contribution in [0, 0.1) is 25.5 Å². The number of nitrogens with zero attached hydrogens (tertiary/aromatic N) is 5. The number of carbonyl (C=O) groups excluding carboxylic acids is 1. The van der Waals surface area contributed by atoms with Gasteiger partial charge in [-0.3, -0.25) is 9.36 Å². The van der Waals surface area contributed by atoms with E-state index in [0.717, 1.165) is 34.5 Å². The highest BCUT2D eigenvalue weighted by Crippen LogP contribution is 2.40. The van der Waals surface area contributed by atoms with Gasteiger partial charge in [0.2, 0.25) is 5.91 Å². The van der Waals surface area contributed by atoms with E-state index in [-0.39, 0.29) is 11.6 Å². The van der Waals surface area contributed by atoms with Gasteiger partial charge in [-0.1, -0.05) is 22.6 Å². The molecule has 8 nitrogen and oxygen atoms in total. The summed E-state index contributed by atoms with van der Waals surface area (Å²) in [5, 5.41) is 5.31. The molecular weight excluding hydrogens is 512 g/mol. The number of imidazole rings is 1. The van der Waals surface area contributed by atoms with Gasteiger partial charge in [-0.2, -0.15) is 0 Å². The van der Waals surface area contributed by atoms with Gasteiger partial charge in [-0.05, 0) is 56.5 Å². The Morgan fingerprint density at radius 2 is 1.97 bits per heavy atom. The second-order valence-corrected chi connectivity index (χ2v) is 10.1. The standard InChI is InChI=1S/C27H23F2N5O3S/c1-14-25(15(2)37-32-14)16-7-10-21-20(11-16)31-26(34(21)27-30-13-24(36-3)38-27)22-5-4-6-23(35)33(22)17-8-9-18(28)19(29)12-17/h7-13,22H,4-6H2,1-3H3/t22-/m0/s1. The molecule has 4 heterocycles. The Labute approximate surface area is 220 Å². The van der Waals surface area contributed by atoms with Crippen LogP contribution in [-0.2, 0) is 4.79 Å². The number of hydrogen-bond donors (Lipinski definition) is 0. The van der Waals surface area contributed by atoms with Gasteiger partial charge < -0.3 is 14.2 Å². The first kappa shape index (κ1) is 24.2. The van der Waals surface area contributed by atoms with Gasteiger partial charge in [0.15, 0.2) is 21.8 Å². The first-order valence-electron chi connectivity index (χ1n) is 12.1. The van der Waals surface area contributed by atoms with Crippen LogP contribution in [0.4, 0.5) is 14.5 Å². The zero-order valence-electron chi connectivity index (χ0n) is 20.9. The summed E-state index contributed by atoms with van der Waals surface area (Å²) in [6, 6.07) is 8.87. The van der Waals surface area contributed by atoms with Crippen LogP contribution in [0.1, 0.15) is 42.6 Å². The van der Waals surface area contributed by atoms with Gasteiger partial charge in [0.25, 0.3) is 0 Å². The Balaban J connectivity index is 1.56. The Hall–Kier alpha value is -4.12. The van der Waals surface area contributed by atoms with Gasteiger partial charge in [0.1, 0.15) is 11.6 Å². The number of thiazole rings is 1. The molecule has 1 aliphatic rings. The lowest BCUT2D eigenvalue weighted by Gasteiger charge is -2.35. The summed E-state index contributed by atoms with van der Waals surface area (Å²) in [6.45, 7) is 3.74. The van der Waals surface area contributed by atoms with Crippen molar-refractivity contribution in [2.45, 2.75) is 39.2 Å². The molecule has 0 N–H and O–H groups in total. The van der Waals surface area contributed by atoms with Crippen molar-refractivity contribution in [1.29, 1.82) is 0 Å². The van der Waals surface area contributed by atoms with Crippen LogP contribution in [0.2, 0.25) is 0 Å². The highest BCUT2D eigenvalue weighted by molar-refractivity contribution is 7.15. The molecule has 0 aliphatic carbocycles. The molecule has 1 atom stereocenters. The number of hydrogen-bond acceptors (Lipinski definition) is 7. The summed E-state index contributed by atoms with van der Waals surface area (Å²) in [5.41, 5.74) is 4.33. The number of anilines is 1. The summed E-state index contributed by atoms with van der Waals surface area (Å²) in [5.74, 6) is -0.885. The van der Waals surface area contributed by atoms with Crippen molar-refractivity contribution in [3.63, 3.8) is 0 Å². The predicted molar refractivity (Wildman–Crippen MR) is 139 cm³/mol. The Kier molecular flexibility index (Phi) is 5.94. The van der Waals surface area contributed by atoms with Crippen molar-refractivity contribution in [3.8, 4) is 21.3 Å². The second kappa shape index (κ2) is 9.32. The van der Waals surface area contributed by atoms with Gasteiger partial charge in [0, 0.05) is 23.7 Å². The lowest BCUT2D eigenvalue weighted by Crippen LogP contribution is -2.39. The number of aromatic nitrogens is 4. The van der Waals surface area contributed by atoms with Crippen molar-refractivity contribution in [2.24, 2.45) is 0 Å². The number of rotatable bonds is 5. The van der Waals surface area contributed by atoms with E-state index in [4.69, 9.17) is 14.2 Å². The third-order valence-corrected chi connectivity index (χ3v) is 7.74. The molecule has 0 radical (unpaired) electrons. The second-order valence-electron chi connectivity index (χ2n) is 9.14. The van der Waals surface area contributed by atoms with Crippen molar-refractivity contribution < 1.29 is 22.8 Å². The zero-order chi connectivity index (χ0) is 26.6. The highest BCUT2D eigenvalue weighted by atomic mass is 32.1. The molecule has 1 saturated heterocycles. The van der Waals surface area contributed by atoms with Crippen LogP contribution in [0.3, 0.4) is 0 Å². The smallest absolute Gasteiger partial charge is 0.227 e. The van der Waals surface area contributed by atoms with Crippen molar-refractivity contribution >= 4 is 34.0 Å². The SMILES string of the molecule is COc1cnc(-n2c([C@@H]3CCCC(=O)N3c3ccc(F)c(F)c3)nc3cc(-c4c(C)noc4C)ccc32)s1.